The summed E-state index contributed by atoms with van der Waals surface area (Å²) in [6.45, 7) is 8.30. The topological polar surface area (TPSA) is 41.9 Å². The molecule has 0 aromatic rings. The van der Waals surface area contributed by atoms with Crippen molar-refractivity contribution in [2.75, 3.05) is 39.5 Å². The molecule has 1 N–H and O–H groups in total. The van der Waals surface area contributed by atoms with E-state index in [1.807, 2.05) is 0 Å². The molecule has 0 aromatic heterocycles. The first-order valence-corrected chi connectivity index (χ1v) is 7.57. The SMILES string of the molecule is C[Si]1(C)OCCN(CCO)CCO1. The van der Waals surface area contributed by atoms with Crippen molar-refractivity contribution in [3.05, 3.63) is 0 Å². The first kappa shape index (κ1) is 11.1. The maximum absolute atomic E-state index is 8.77. The van der Waals surface area contributed by atoms with E-state index in [1.165, 1.54) is 0 Å². The van der Waals surface area contributed by atoms with Crippen LogP contribution in [0.3, 0.4) is 0 Å². The van der Waals surface area contributed by atoms with E-state index in [4.69, 9.17) is 14.0 Å². The molecule has 1 saturated heterocycles. The average Bonchev–Trinajstić information content (AvgIpc) is 2.01. The van der Waals surface area contributed by atoms with E-state index in [9.17, 15) is 0 Å². The minimum Gasteiger partial charge on any atom is -0.395 e. The van der Waals surface area contributed by atoms with Crippen LogP contribution in [-0.2, 0) is 8.85 Å². The van der Waals surface area contributed by atoms with E-state index in [0.29, 0.717) is 6.54 Å². The van der Waals surface area contributed by atoms with Crippen LogP contribution in [0.2, 0.25) is 13.1 Å². The summed E-state index contributed by atoms with van der Waals surface area (Å²) in [5, 5.41) is 8.77. The number of β-amino-alcohol motifs (C(OH)–C–C–N with tert-alkyl or cyclic N) is 1. The van der Waals surface area contributed by atoms with Crippen LogP contribution >= 0.6 is 0 Å². The van der Waals surface area contributed by atoms with Gasteiger partial charge in [-0.1, -0.05) is 0 Å². The van der Waals surface area contributed by atoms with Gasteiger partial charge in [-0.2, -0.15) is 0 Å². The molecule has 1 rings (SSSR count). The molecule has 5 heteroatoms. The van der Waals surface area contributed by atoms with Crippen molar-refractivity contribution in [3.63, 3.8) is 0 Å². The monoisotopic (exact) mass is 205 g/mol. The molecule has 0 aliphatic carbocycles. The van der Waals surface area contributed by atoms with Crippen molar-refractivity contribution in [1.29, 1.82) is 0 Å². The Kier molecular flexibility index (Phi) is 4.34. The first-order valence-electron chi connectivity index (χ1n) is 4.75. The lowest BCUT2D eigenvalue weighted by Crippen LogP contribution is -2.44. The highest BCUT2D eigenvalue weighted by Crippen LogP contribution is 2.08. The maximum Gasteiger partial charge on any atom is 0.331 e. The van der Waals surface area contributed by atoms with Gasteiger partial charge < -0.3 is 14.0 Å². The second-order valence-corrected chi connectivity index (χ2v) is 7.04. The zero-order valence-electron chi connectivity index (χ0n) is 8.45. The molecule has 13 heavy (non-hydrogen) atoms. The van der Waals surface area contributed by atoms with Gasteiger partial charge in [0.25, 0.3) is 0 Å². The van der Waals surface area contributed by atoms with Crippen molar-refractivity contribution in [1.82, 2.24) is 4.90 Å². The van der Waals surface area contributed by atoms with Gasteiger partial charge in [-0.3, -0.25) is 4.90 Å². The molecule has 0 atom stereocenters. The van der Waals surface area contributed by atoms with Crippen molar-refractivity contribution >= 4 is 8.56 Å². The van der Waals surface area contributed by atoms with E-state index in [-0.39, 0.29) is 6.61 Å². The summed E-state index contributed by atoms with van der Waals surface area (Å²) in [5.74, 6) is 0. The van der Waals surface area contributed by atoms with Crippen LogP contribution in [0.15, 0.2) is 0 Å². The summed E-state index contributed by atoms with van der Waals surface area (Å²) in [7, 11) is -1.81. The highest BCUT2D eigenvalue weighted by atomic mass is 28.4. The van der Waals surface area contributed by atoms with E-state index in [2.05, 4.69) is 18.0 Å². The molecule has 0 amide bonds. The average molecular weight is 205 g/mol. The standard InChI is InChI=1S/C8H19NO3Si/c1-13(2)11-7-4-9(3-6-10)5-8-12-13/h10H,3-8H2,1-2H3. The second-order valence-electron chi connectivity index (χ2n) is 3.66. The molecule has 0 aromatic carbocycles. The molecular weight excluding hydrogens is 186 g/mol. The van der Waals surface area contributed by atoms with Gasteiger partial charge in [0.15, 0.2) is 0 Å². The molecule has 78 valence electrons. The fourth-order valence-corrected chi connectivity index (χ4v) is 2.61. The Morgan fingerprint density at radius 1 is 1.23 bits per heavy atom. The van der Waals surface area contributed by atoms with Crippen LogP contribution in [0.5, 0.6) is 0 Å². The van der Waals surface area contributed by atoms with Crippen LogP contribution < -0.4 is 0 Å². The fraction of sp³-hybridized carbons (Fsp3) is 1.00. The van der Waals surface area contributed by atoms with E-state index < -0.39 is 8.56 Å². The van der Waals surface area contributed by atoms with Crippen molar-refractivity contribution in [2.45, 2.75) is 13.1 Å². The van der Waals surface area contributed by atoms with Crippen LogP contribution in [0.25, 0.3) is 0 Å². The summed E-state index contributed by atoms with van der Waals surface area (Å²) in [5.41, 5.74) is 0. The molecule has 1 heterocycles. The van der Waals surface area contributed by atoms with Crippen molar-refractivity contribution < 1.29 is 14.0 Å². The van der Waals surface area contributed by atoms with E-state index in [0.717, 1.165) is 26.3 Å². The zero-order valence-corrected chi connectivity index (χ0v) is 9.45. The fourth-order valence-electron chi connectivity index (χ4n) is 1.36. The summed E-state index contributed by atoms with van der Waals surface area (Å²) in [4.78, 5) is 2.16. The van der Waals surface area contributed by atoms with Gasteiger partial charge in [0.05, 0.1) is 6.61 Å². The smallest absolute Gasteiger partial charge is 0.331 e. The third-order valence-electron chi connectivity index (χ3n) is 2.13. The van der Waals surface area contributed by atoms with Gasteiger partial charge in [0.1, 0.15) is 0 Å². The molecular formula is C8H19NO3Si. The van der Waals surface area contributed by atoms with E-state index in [1.54, 1.807) is 0 Å². The van der Waals surface area contributed by atoms with Gasteiger partial charge in [-0.25, -0.2) is 0 Å². The van der Waals surface area contributed by atoms with E-state index >= 15 is 0 Å². The van der Waals surface area contributed by atoms with Crippen LogP contribution in [0, 0.1) is 0 Å². The lowest BCUT2D eigenvalue weighted by molar-refractivity contribution is 0.0889. The number of aliphatic hydroxyl groups excluding tert-OH is 1. The third-order valence-corrected chi connectivity index (χ3v) is 3.93. The molecule has 1 aliphatic heterocycles. The lowest BCUT2D eigenvalue weighted by atomic mass is 10.4. The van der Waals surface area contributed by atoms with Gasteiger partial charge in [0, 0.05) is 32.8 Å². The third kappa shape index (κ3) is 4.19. The summed E-state index contributed by atoms with van der Waals surface area (Å²) in [6.07, 6.45) is 0. The minimum absolute atomic E-state index is 0.209. The molecule has 0 spiro atoms. The highest BCUT2D eigenvalue weighted by molar-refractivity contribution is 6.64. The predicted octanol–water partition coefficient (Wildman–Crippen LogP) is 0.0293. The Labute approximate surface area is 80.7 Å². The first-order chi connectivity index (χ1) is 6.14. The second kappa shape index (κ2) is 5.07. The number of hydrogen-bond acceptors (Lipinski definition) is 4. The van der Waals surface area contributed by atoms with Gasteiger partial charge in [-0.05, 0) is 13.1 Å². The Hall–Kier alpha value is 0.0569. The molecule has 1 aliphatic rings. The predicted molar refractivity (Wildman–Crippen MR) is 52.9 cm³/mol. The van der Waals surface area contributed by atoms with Crippen molar-refractivity contribution in [2.24, 2.45) is 0 Å². The Morgan fingerprint density at radius 3 is 2.23 bits per heavy atom. The lowest BCUT2D eigenvalue weighted by Gasteiger charge is -2.30. The number of nitrogens with zero attached hydrogens (tertiary/aromatic N) is 1. The molecule has 0 saturated carbocycles. The number of aliphatic hydroxyl groups is 1. The highest BCUT2D eigenvalue weighted by Gasteiger charge is 2.26. The van der Waals surface area contributed by atoms with Gasteiger partial charge >= 0.3 is 8.56 Å². The molecule has 4 nitrogen and oxygen atoms in total. The molecule has 0 unspecified atom stereocenters. The minimum atomic E-state index is -1.81. The van der Waals surface area contributed by atoms with Crippen LogP contribution in [0.1, 0.15) is 0 Å². The number of rotatable bonds is 2. The largest absolute Gasteiger partial charge is 0.395 e. The number of hydrogen-bond donors (Lipinski definition) is 1. The molecule has 1 fully saturated rings. The van der Waals surface area contributed by atoms with Crippen LogP contribution in [0.4, 0.5) is 0 Å². The normalized spacial score (nSPS) is 25.2. The Morgan fingerprint density at radius 2 is 1.77 bits per heavy atom. The summed E-state index contributed by atoms with van der Waals surface area (Å²) < 4.78 is 11.3. The Balaban J connectivity index is 2.30. The Bertz CT molecular complexity index is 142. The quantitative estimate of drug-likeness (QED) is 0.646. The zero-order chi connectivity index (χ0) is 9.73. The van der Waals surface area contributed by atoms with Crippen LogP contribution in [-0.4, -0.2) is 58.0 Å². The molecule has 0 bridgehead atoms. The summed E-state index contributed by atoms with van der Waals surface area (Å²) >= 11 is 0. The summed E-state index contributed by atoms with van der Waals surface area (Å²) in [6, 6.07) is 0. The maximum atomic E-state index is 8.77. The van der Waals surface area contributed by atoms with Gasteiger partial charge in [-0.15, -0.1) is 0 Å². The van der Waals surface area contributed by atoms with Crippen molar-refractivity contribution in [3.8, 4) is 0 Å². The van der Waals surface area contributed by atoms with Gasteiger partial charge in [0.2, 0.25) is 0 Å². The molecule has 0 radical (unpaired) electrons.